The van der Waals surface area contributed by atoms with Crippen molar-refractivity contribution in [1.29, 1.82) is 0 Å². The van der Waals surface area contributed by atoms with Crippen LogP contribution >= 0.6 is 15.9 Å². The lowest BCUT2D eigenvalue weighted by molar-refractivity contribution is 0.299. The van der Waals surface area contributed by atoms with Crippen molar-refractivity contribution in [3.05, 3.63) is 57.8 Å². The molecule has 0 amide bonds. The van der Waals surface area contributed by atoms with Crippen LogP contribution in [-0.4, -0.2) is 11.0 Å². The van der Waals surface area contributed by atoms with E-state index in [1.165, 1.54) is 18.4 Å². The quantitative estimate of drug-likeness (QED) is 0.858. The Labute approximate surface area is 133 Å². The highest BCUT2D eigenvalue weighted by Gasteiger charge is 2.21. The van der Waals surface area contributed by atoms with E-state index in [1.807, 2.05) is 18.3 Å². The summed E-state index contributed by atoms with van der Waals surface area (Å²) in [5, 5.41) is 3.55. The summed E-state index contributed by atoms with van der Waals surface area (Å²) in [5.74, 6) is 0.982. The first kappa shape index (κ1) is 14.5. The van der Waals surface area contributed by atoms with Gasteiger partial charge in [-0.05, 0) is 43.5 Å². The lowest BCUT2D eigenvalue weighted by Gasteiger charge is -2.15. The van der Waals surface area contributed by atoms with Crippen LogP contribution in [0, 0.1) is 6.92 Å². The second-order valence-corrected chi connectivity index (χ2v) is 6.43. The highest BCUT2D eigenvalue weighted by molar-refractivity contribution is 9.10. The van der Waals surface area contributed by atoms with Gasteiger partial charge in [0, 0.05) is 40.6 Å². The summed E-state index contributed by atoms with van der Waals surface area (Å²) in [4.78, 5) is 4.12. The average molecular weight is 347 g/mol. The van der Waals surface area contributed by atoms with Gasteiger partial charge in [-0.25, -0.2) is 0 Å². The number of benzene rings is 1. The van der Waals surface area contributed by atoms with Gasteiger partial charge in [-0.15, -0.1) is 0 Å². The summed E-state index contributed by atoms with van der Waals surface area (Å²) < 4.78 is 7.16. The van der Waals surface area contributed by atoms with Gasteiger partial charge in [0.1, 0.15) is 12.4 Å². The predicted octanol–water partition coefficient (Wildman–Crippen LogP) is 3.98. The second kappa shape index (κ2) is 6.58. The van der Waals surface area contributed by atoms with Gasteiger partial charge in [-0.1, -0.05) is 22.0 Å². The molecule has 1 aliphatic carbocycles. The van der Waals surface area contributed by atoms with Crippen LogP contribution in [0.15, 0.2) is 41.1 Å². The van der Waals surface area contributed by atoms with Crippen LogP contribution in [-0.2, 0) is 13.2 Å². The van der Waals surface area contributed by atoms with Gasteiger partial charge in [-0.3, -0.25) is 4.98 Å². The number of nitrogens with zero attached hydrogens (tertiary/aromatic N) is 1. The third-order valence-electron chi connectivity index (χ3n) is 3.58. The molecule has 0 saturated heterocycles. The minimum absolute atomic E-state index is 0.548. The van der Waals surface area contributed by atoms with Crippen LogP contribution in [0.3, 0.4) is 0 Å². The third kappa shape index (κ3) is 4.05. The van der Waals surface area contributed by atoms with Gasteiger partial charge < -0.3 is 10.1 Å². The summed E-state index contributed by atoms with van der Waals surface area (Å²) in [5.41, 5.74) is 3.44. The summed E-state index contributed by atoms with van der Waals surface area (Å²) >= 11 is 3.57. The van der Waals surface area contributed by atoms with Crippen LogP contribution in [0.25, 0.3) is 0 Å². The zero-order valence-electron chi connectivity index (χ0n) is 12.1. The van der Waals surface area contributed by atoms with Crippen molar-refractivity contribution in [3.8, 4) is 5.75 Å². The Morgan fingerprint density at radius 3 is 2.95 bits per heavy atom. The van der Waals surface area contributed by atoms with Crippen molar-refractivity contribution in [2.45, 2.75) is 39.0 Å². The van der Waals surface area contributed by atoms with E-state index in [2.05, 4.69) is 45.3 Å². The Kier molecular flexibility index (Phi) is 4.56. The van der Waals surface area contributed by atoms with E-state index < -0.39 is 0 Å². The molecular weight excluding hydrogens is 328 g/mol. The van der Waals surface area contributed by atoms with Gasteiger partial charge in [0.05, 0.1) is 0 Å². The van der Waals surface area contributed by atoms with Crippen molar-refractivity contribution in [3.63, 3.8) is 0 Å². The number of ether oxygens (including phenoxy) is 1. The van der Waals surface area contributed by atoms with E-state index in [-0.39, 0.29) is 0 Å². The van der Waals surface area contributed by atoms with Gasteiger partial charge in [-0.2, -0.15) is 0 Å². The summed E-state index contributed by atoms with van der Waals surface area (Å²) in [7, 11) is 0. The Bertz CT molecular complexity index is 612. The highest BCUT2D eigenvalue weighted by Crippen LogP contribution is 2.30. The van der Waals surface area contributed by atoms with Crippen LogP contribution in [0.1, 0.15) is 29.5 Å². The van der Waals surface area contributed by atoms with Crippen molar-refractivity contribution < 1.29 is 4.74 Å². The molecule has 3 rings (SSSR count). The zero-order chi connectivity index (χ0) is 14.7. The lowest BCUT2D eigenvalue weighted by Crippen LogP contribution is -2.16. The number of rotatable bonds is 6. The van der Waals surface area contributed by atoms with E-state index in [9.17, 15) is 0 Å². The predicted molar refractivity (Wildman–Crippen MR) is 87.3 cm³/mol. The van der Waals surface area contributed by atoms with Gasteiger partial charge in [0.2, 0.25) is 0 Å². The standard InChI is InChI=1S/C17H19BrN2O/c1-12-7-15(18)8-14(10-20-16-4-5-16)17(12)21-11-13-3-2-6-19-9-13/h2-3,6-9,16,20H,4-5,10-11H2,1H3. The third-order valence-corrected chi connectivity index (χ3v) is 4.04. The Hall–Kier alpha value is -1.39. The number of hydrogen-bond acceptors (Lipinski definition) is 3. The summed E-state index contributed by atoms with van der Waals surface area (Å²) in [6, 6.07) is 8.89. The Balaban J connectivity index is 1.74. The van der Waals surface area contributed by atoms with Gasteiger partial charge >= 0.3 is 0 Å². The molecule has 1 saturated carbocycles. The van der Waals surface area contributed by atoms with Gasteiger partial charge in [0.25, 0.3) is 0 Å². The van der Waals surface area contributed by atoms with E-state index >= 15 is 0 Å². The first-order valence-corrected chi connectivity index (χ1v) is 8.06. The monoisotopic (exact) mass is 346 g/mol. The molecule has 0 radical (unpaired) electrons. The normalized spacial score (nSPS) is 14.2. The van der Waals surface area contributed by atoms with Crippen molar-refractivity contribution in [2.24, 2.45) is 0 Å². The molecule has 1 fully saturated rings. The van der Waals surface area contributed by atoms with Crippen LogP contribution in [0.4, 0.5) is 0 Å². The van der Waals surface area contributed by atoms with Crippen molar-refractivity contribution in [2.75, 3.05) is 0 Å². The number of aromatic nitrogens is 1. The minimum atomic E-state index is 0.548. The van der Waals surface area contributed by atoms with Crippen molar-refractivity contribution >= 4 is 15.9 Å². The molecule has 1 N–H and O–H groups in total. The number of hydrogen-bond donors (Lipinski definition) is 1. The molecule has 0 bridgehead atoms. The SMILES string of the molecule is Cc1cc(Br)cc(CNC2CC2)c1OCc1cccnc1. The number of pyridine rings is 1. The summed E-state index contributed by atoms with van der Waals surface area (Å²) in [6.07, 6.45) is 6.20. The molecule has 1 heterocycles. The molecule has 0 atom stereocenters. The minimum Gasteiger partial charge on any atom is -0.488 e. The van der Waals surface area contributed by atoms with Gasteiger partial charge in [0.15, 0.2) is 0 Å². The molecule has 21 heavy (non-hydrogen) atoms. The second-order valence-electron chi connectivity index (χ2n) is 5.52. The molecule has 0 unspecified atom stereocenters. The molecule has 2 aromatic rings. The first-order chi connectivity index (χ1) is 10.2. The largest absolute Gasteiger partial charge is 0.488 e. The number of halogens is 1. The Morgan fingerprint density at radius 2 is 2.24 bits per heavy atom. The summed E-state index contributed by atoms with van der Waals surface area (Å²) in [6.45, 7) is 3.49. The topological polar surface area (TPSA) is 34.1 Å². The fourth-order valence-corrected chi connectivity index (χ4v) is 2.94. The van der Waals surface area contributed by atoms with E-state index in [4.69, 9.17) is 4.74 Å². The first-order valence-electron chi connectivity index (χ1n) is 7.26. The molecule has 0 aliphatic heterocycles. The molecule has 3 nitrogen and oxygen atoms in total. The molecule has 110 valence electrons. The molecule has 1 aliphatic rings. The Morgan fingerprint density at radius 1 is 1.38 bits per heavy atom. The van der Waals surface area contributed by atoms with E-state index in [1.54, 1.807) is 6.20 Å². The molecule has 1 aromatic heterocycles. The number of aryl methyl sites for hydroxylation is 1. The fraction of sp³-hybridized carbons (Fsp3) is 0.353. The van der Waals surface area contributed by atoms with E-state index in [0.717, 1.165) is 27.9 Å². The maximum Gasteiger partial charge on any atom is 0.127 e. The fourth-order valence-electron chi connectivity index (χ4n) is 2.32. The molecule has 4 heteroatoms. The lowest BCUT2D eigenvalue weighted by atomic mass is 10.1. The average Bonchev–Trinajstić information content (AvgIpc) is 3.29. The maximum atomic E-state index is 6.06. The number of nitrogens with one attached hydrogen (secondary N) is 1. The van der Waals surface area contributed by atoms with Crippen molar-refractivity contribution in [1.82, 2.24) is 10.3 Å². The van der Waals surface area contributed by atoms with Crippen LogP contribution in [0.5, 0.6) is 5.75 Å². The van der Waals surface area contributed by atoms with Crippen LogP contribution < -0.4 is 10.1 Å². The van der Waals surface area contributed by atoms with E-state index in [0.29, 0.717) is 12.6 Å². The maximum absolute atomic E-state index is 6.06. The zero-order valence-corrected chi connectivity index (χ0v) is 13.7. The molecule has 0 spiro atoms. The molecular formula is C17H19BrN2O. The highest BCUT2D eigenvalue weighted by atomic mass is 79.9. The van der Waals surface area contributed by atoms with Crippen LogP contribution in [0.2, 0.25) is 0 Å². The smallest absolute Gasteiger partial charge is 0.127 e. The molecule has 1 aromatic carbocycles.